The molecular formula is C18H20N2O. The number of benzene rings is 2. The predicted molar refractivity (Wildman–Crippen MR) is 84.6 cm³/mol. The molecule has 2 aromatic carbocycles. The van der Waals surface area contributed by atoms with Gasteiger partial charge in [-0.1, -0.05) is 48.5 Å². The van der Waals surface area contributed by atoms with E-state index in [-0.39, 0.29) is 5.91 Å². The van der Waals surface area contributed by atoms with E-state index in [0.29, 0.717) is 19.0 Å². The molecule has 0 radical (unpaired) electrons. The van der Waals surface area contributed by atoms with Crippen molar-refractivity contribution in [1.29, 1.82) is 0 Å². The highest BCUT2D eigenvalue weighted by Gasteiger charge is 2.32. The van der Waals surface area contributed by atoms with Gasteiger partial charge in [0.2, 0.25) is 5.91 Å². The Hall–Kier alpha value is -2.29. The van der Waals surface area contributed by atoms with Gasteiger partial charge in [0.25, 0.3) is 0 Å². The second-order valence-corrected chi connectivity index (χ2v) is 5.61. The van der Waals surface area contributed by atoms with Crippen LogP contribution in [0, 0.1) is 0 Å². The van der Waals surface area contributed by atoms with Gasteiger partial charge in [-0.2, -0.15) is 0 Å². The fraction of sp³-hybridized carbons (Fsp3) is 0.278. The van der Waals surface area contributed by atoms with Crippen molar-refractivity contribution < 1.29 is 4.79 Å². The number of nitrogens with two attached hydrogens (primary N) is 1. The van der Waals surface area contributed by atoms with Gasteiger partial charge >= 0.3 is 0 Å². The minimum atomic E-state index is 0.187. The molecule has 1 aliphatic carbocycles. The van der Waals surface area contributed by atoms with Gasteiger partial charge < -0.3 is 10.6 Å². The molecule has 3 nitrogen and oxygen atoms in total. The van der Waals surface area contributed by atoms with Crippen LogP contribution in [0.2, 0.25) is 0 Å². The molecule has 0 bridgehead atoms. The third kappa shape index (κ3) is 3.43. The van der Waals surface area contributed by atoms with Crippen LogP contribution in [-0.4, -0.2) is 16.8 Å². The number of amides is 1. The van der Waals surface area contributed by atoms with Crippen LogP contribution in [0.25, 0.3) is 0 Å². The average molecular weight is 280 g/mol. The van der Waals surface area contributed by atoms with E-state index in [0.717, 1.165) is 29.7 Å². The normalized spacial score (nSPS) is 13.9. The third-order valence-electron chi connectivity index (χ3n) is 3.90. The minimum absolute atomic E-state index is 0.187. The van der Waals surface area contributed by atoms with Crippen LogP contribution in [-0.2, 0) is 17.8 Å². The van der Waals surface area contributed by atoms with Gasteiger partial charge in [-0.3, -0.25) is 4.79 Å². The van der Waals surface area contributed by atoms with Gasteiger partial charge in [0.05, 0.1) is 6.42 Å². The highest BCUT2D eigenvalue weighted by Crippen LogP contribution is 2.30. The highest BCUT2D eigenvalue weighted by atomic mass is 16.2. The number of anilines is 1. The van der Waals surface area contributed by atoms with Crippen molar-refractivity contribution in [2.24, 2.45) is 0 Å². The maximum Gasteiger partial charge on any atom is 0.227 e. The number of nitrogens with zero attached hydrogens (tertiary/aromatic N) is 1. The lowest BCUT2D eigenvalue weighted by Crippen LogP contribution is -2.34. The summed E-state index contributed by atoms with van der Waals surface area (Å²) < 4.78 is 0. The summed E-state index contributed by atoms with van der Waals surface area (Å²) in [6, 6.07) is 18.1. The number of para-hydroxylation sites is 1. The fourth-order valence-electron chi connectivity index (χ4n) is 2.54. The molecular weight excluding hydrogens is 260 g/mol. The standard InChI is InChI=1S/C18H20N2O/c19-17-9-5-4-8-15(17)13-20(16-10-11-16)18(21)12-14-6-2-1-3-7-14/h1-9,16H,10-13,19H2. The van der Waals surface area contributed by atoms with E-state index in [2.05, 4.69) is 0 Å². The van der Waals surface area contributed by atoms with E-state index in [1.807, 2.05) is 59.5 Å². The van der Waals surface area contributed by atoms with Crippen LogP contribution in [0.5, 0.6) is 0 Å². The van der Waals surface area contributed by atoms with E-state index in [1.165, 1.54) is 0 Å². The van der Waals surface area contributed by atoms with Crippen LogP contribution in [0.1, 0.15) is 24.0 Å². The Morgan fingerprint density at radius 3 is 2.38 bits per heavy atom. The zero-order valence-electron chi connectivity index (χ0n) is 12.0. The summed E-state index contributed by atoms with van der Waals surface area (Å²) in [5, 5.41) is 0. The molecule has 1 saturated carbocycles. The van der Waals surface area contributed by atoms with Crippen LogP contribution in [0.3, 0.4) is 0 Å². The summed E-state index contributed by atoms with van der Waals surface area (Å²) in [5.41, 5.74) is 8.86. The quantitative estimate of drug-likeness (QED) is 0.856. The van der Waals surface area contributed by atoms with Crippen molar-refractivity contribution >= 4 is 11.6 Å². The number of carbonyl (C=O) groups is 1. The molecule has 1 aliphatic rings. The van der Waals surface area contributed by atoms with Crippen molar-refractivity contribution in [3.8, 4) is 0 Å². The summed E-state index contributed by atoms with van der Waals surface area (Å²) >= 11 is 0. The zero-order chi connectivity index (χ0) is 14.7. The van der Waals surface area contributed by atoms with E-state index in [4.69, 9.17) is 5.73 Å². The van der Waals surface area contributed by atoms with Crippen molar-refractivity contribution in [3.05, 3.63) is 65.7 Å². The number of hydrogen-bond donors (Lipinski definition) is 1. The number of nitrogen functional groups attached to an aromatic ring is 1. The lowest BCUT2D eigenvalue weighted by molar-refractivity contribution is -0.131. The second-order valence-electron chi connectivity index (χ2n) is 5.61. The first-order valence-corrected chi connectivity index (χ1v) is 7.41. The second kappa shape index (κ2) is 6.00. The monoisotopic (exact) mass is 280 g/mol. The maximum atomic E-state index is 12.6. The summed E-state index contributed by atoms with van der Waals surface area (Å²) in [7, 11) is 0. The van der Waals surface area contributed by atoms with Gasteiger partial charge in [0, 0.05) is 18.3 Å². The first-order chi connectivity index (χ1) is 10.2. The van der Waals surface area contributed by atoms with Crippen molar-refractivity contribution in [3.63, 3.8) is 0 Å². The Bertz CT molecular complexity index is 620. The number of rotatable bonds is 5. The zero-order valence-corrected chi connectivity index (χ0v) is 12.0. The Labute approximate surface area is 125 Å². The van der Waals surface area contributed by atoms with Gasteiger partial charge in [0.15, 0.2) is 0 Å². The Balaban J connectivity index is 1.73. The van der Waals surface area contributed by atoms with Crippen LogP contribution in [0.15, 0.2) is 54.6 Å². The average Bonchev–Trinajstić information content (AvgIpc) is 3.32. The molecule has 3 heteroatoms. The first-order valence-electron chi connectivity index (χ1n) is 7.41. The van der Waals surface area contributed by atoms with Gasteiger partial charge in [-0.25, -0.2) is 0 Å². The van der Waals surface area contributed by atoms with Crippen molar-refractivity contribution in [2.45, 2.75) is 31.8 Å². The van der Waals surface area contributed by atoms with E-state index in [9.17, 15) is 4.79 Å². The SMILES string of the molecule is Nc1ccccc1CN(C(=O)Cc1ccccc1)C1CC1. The maximum absolute atomic E-state index is 12.6. The van der Waals surface area contributed by atoms with Crippen molar-refractivity contribution in [2.75, 3.05) is 5.73 Å². The number of hydrogen-bond acceptors (Lipinski definition) is 2. The Morgan fingerprint density at radius 1 is 1.05 bits per heavy atom. The van der Waals surface area contributed by atoms with Crippen LogP contribution < -0.4 is 5.73 Å². The van der Waals surface area contributed by atoms with E-state index < -0.39 is 0 Å². The molecule has 1 amide bonds. The molecule has 3 rings (SSSR count). The molecule has 21 heavy (non-hydrogen) atoms. The summed E-state index contributed by atoms with van der Waals surface area (Å²) in [6.45, 7) is 0.614. The molecule has 2 aromatic rings. The molecule has 108 valence electrons. The Morgan fingerprint density at radius 2 is 1.71 bits per heavy atom. The third-order valence-corrected chi connectivity index (χ3v) is 3.90. The number of carbonyl (C=O) groups excluding carboxylic acids is 1. The van der Waals surface area contributed by atoms with Gasteiger partial charge in [-0.15, -0.1) is 0 Å². The summed E-state index contributed by atoms with van der Waals surface area (Å²) in [5.74, 6) is 0.187. The molecule has 1 fully saturated rings. The van der Waals surface area contributed by atoms with Gasteiger partial charge in [0.1, 0.15) is 0 Å². The first kappa shape index (κ1) is 13.7. The smallest absolute Gasteiger partial charge is 0.227 e. The molecule has 0 atom stereocenters. The van der Waals surface area contributed by atoms with Gasteiger partial charge in [-0.05, 0) is 30.0 Å². The van der Waals surface area contributed by atoms with Crippen molar-refractivity contribution in [1.82, 2.24) is 4.90 Å². The van der Waals surface area contributed by atoms with Crippen LogP contribution >= 0.6 is 0 Å². The molecule has 0 aromatic heterocycles. The summed E-state index contributed by atoms with van der Waals surface area (Å²) in [6.07, 6.45) is 2.67. The lowest BCUT2D eigenvalue weighted by Gasteiger charge is -2.23. The summed E-state index contributed by atoms with van der Waals surface area (Å²) in [4.78, 5) is 14.6. The highest BCUT2D eigenvalue weighted by molar-refractivity contribution is 5.79. The molecule has 0 spiro atoms. The fourth-order valence-corrected chi connectivity index (χ4v) is 2.54. The molecule has 0 heterocycles. The van der Waals surface area contributed by atoms with Crippen LogP contribution in [0.4, 0.5) is 5.69 Å². The topological polar surface area (TPSA) is 46.3 Å². The molecule has 0 aliphatic heterocycles. The predicted octanol–water partition coefficient (Wildman–Crippen LogP) is 3.00. The molecule has 0 unspecified atom stereocenters. The largest absolute Gasteiger partial charge is 0.398 e. The molecule has 2 N–H and O–H groups in total. The molecule has 0 saturated heterocycles. The Kier molecular flexibility index (Phi) is 3.91. The minimum Gasteiger partial charge on any atom is -0.398 e. The van der Waals surface area contributed by atoms with E-state index in [1.54, 1.807) is 0 Å². The van der Waals surface area contributed by atoms with E-state index >= 15 is 0 Å². The lowest BCUT2D eigenvalue weighted by atomic mass is 10.1.